The first-order valence-corrected chi connectivity index (χ1v) is 12.1. The van der Waals surface area contributed by atoms with Gasteiger partial charge in [-0.2, -0.15) is 0 Å². The number of fused-ring (bicyclic) bond motifs is 1. The Balaban J connectivity index is 1.18. The van der Waals surface area contributed by atoms with Crippen LogP contribution in [0.5, 0.6) is 0 Å². The fourth-order valence-corrected chi connectivity index (χ4v) is 5.37. The quantitative estimate of drug-likeness (QED) is 0.550. The van der Waals surface area contributed by atoms with Gasteiger partial charge in [-0.05, 0) is 48.8 Å². The second kappa shape index (κ2) is 10.4. The molecule has 4 rings (SSSR count). The van der Waals surface area contributed by atoms with Crippen LogP contribution in [0.1, 0.15) is 35.8 Å². The molecule has 1 atom stereocenters. The number of hydrogen-bond donors (Lipinski definition) is 2. The monoisotopic (exact) mass is 425 g/mol. The molecule has 1 unspecified atom stereocenters. The van der Waals surface area contributed by atoms with E-state index in [-0.39, 0.29) is 0 Å². The van der Waals surface area contributed by atoms with E-state index >= 15 is 0 Å². The van der Waals surface area contributed by atoms with Crippen LogP contribution in [0, 0.1) is 0 Å². The SMILES string of the molecule is CN=C(NCC(C)N1CCc2sccc2C1)NC1CCN(Cc2ccccc2)CC1. The predicted molar refractivity (Wildman–Crippen MR) is 127 cm³/mol. The van der Waals surface area contributed by atoms with Gasteiger partial charge in [0.25, 0.3) is 0 Å². The second-order valence-corrected chi connectivity index (χ2v) is 9.57. The number of rotatable bonds is 6. The van der Waals surface area contributed by atoms with Crippen molar-refractivity contribution in [3.63, 3.8) is 0 Å². The summed E-state index contributed by atoms with van der Waals surface area (Å²) in [5.74, 6) is 0.941. The lowest BCUT2D eigenvalue weighted by Crippen LogP contribution is -2.51. The molecule has 6 heteroatoms. The van der Waals surface area contributed by atoms with Crippen LogP contribution in [0.15, 0.2) is 46.8 Å². The second-order valence-electron chi connectivity index (χ2n) is 8.57. The molecule has 2 N–H and O–H groups in total. The average molecular weight is 426 g/mol. The largest absolute Gasteiger partial charge is 0.355 e. The average Bonchev–Trinajstić information content (AvgIpc) is 3.26. The Hall–Kier alpha value is -1.89. The van der Waals surface area contributed by atoms with Gasteiger partial charge in [0.15, 0.2) is 5.96 Å². The summed E-state index contributed by atoms with van der Waals surface area (Å²) in [6.07, 6.45) is 3.51. The molecule has 2 aromatic rings. The van der Waals surface area contributed by atoms with E-state index in [0.29, 0.717) is 12.1 Å². The maximum atomic E-state index is 4.48. The number of benzene rings is 1. The molecule has 2 aliphatic heterocycles. The van der Waals surface area contributed by atoms with Crippen LogP contribution in [0.2, 0.25) is 0 Å². The highest BCUT2D eigenvalue weighted by Crippen LogP contribution is 2.25. The van der Waals surface area contributed by atoms with Crippen LogP contribution in [0.25, 0.3) is 0 Å². The molecule has 30 heavy (non-hydrogen) atoms. The van der Waals surface area contributed by atoms with Gasteiger partial charge in [-0.25, -0.2) is 0 Å². The van der Waals surface area contributed by atoms with Crippen molar-refractivity contribution in [1.82, 2.24) is 20.4 Å². The maximum Gasteiger partial charge on any atom is 0.191 e. The van der Waals surface area contributed by atoms with Crippen LogP contribution in [0.3, 0.4) is 0 Å². The summed E-state index contributed by atoms with van der Waals surface area (Å²) in [7, 11) is 1.88. The Bertz CT molecular complexity index is 810. The van der Waals surface area contributed by atoms with E-state index in [2.05, 4.69) is 74.1 Å². The standard InChI is InChI=1S/C24H35N5S/c1-19(29-14-10-23-21(18-29)11-15-30-23)16-26-24(25-2)27-22-8-12-28(13-9-22)17-20-6-4-3-5-7-20/h3-7,11,15,19,22H,8-10,12-14,16-18H2,1-2H3,(H2,25,26,27). The highest BCUT2D eigenvalue weighted by molar-refractivity contribution is 7.10. The molecule has 162 valence electrons. The Morgan fingerprint density at radius 2 is 1.97 bits per heavy atom. The van der Waals surface area contributed by atoms with E-state index in [1.165, 1.54) is 17.5 Å². The summed E-state index contributed by atoms with van der Waals surface area (Å²) < 4.78 is 0. The van der Waals surface area contributed by atoms with Crippen molar-refractivity contribution in [3.8, 4) is 0 Å². The molecule has 1 saturated heterocycles. The summed E-state index contributed by atoms with van der Waals surface area (Å²) in [4.78, 5) is 11.2. The lowest BCUT2D eigenvalue weighted by Gasteiger charge is -2.34. The van der Waals surface area contributed by atoms with Crippen molar-refractivity contribution in [2.24, 2.45) is 4.99 Å². The highest BCUT2D eigenvalue weighted by Gasteiger charge is 2.23. The number of nitrogens with one attached hydrogen (secondary N) is 2. The van der Waals surface area contributed by atoms with Crippen LogP contribution in [0.4, 0.5) is 0 Å². The van der Waals surface area contributed by atoms with E-state index in [4.69, 9.17) is 0 Å². The van der Waals surface area contributed by atoms with Crippen molar-refractivity contribution in [1.29, 1.82) is 0 Å². The predicted octanol–water partition coefficient (Wildman–Crippen LogP) is 3.32. The van der Waals surface area contributed by atoms with Crippen molar-refractivity contribution in [2.45, 2.75) is 51.4 Å². The van der Waals surface area contributed by atoms with Gasteiger partial charge in [-0.3, -0.25) is 14.8 Å². The molecule has 1 fully saturated rings. The van der Waals surface area contributed by atoms with Crippen molar-refractivity contribution < 1.29 is 0 Å². The van der Waals surface area contributed by atoms with Gasteiger partial charge < -0.3 is 10.6 Å². The smallest absolute Gasteiger partial charge is 0.191 e. The Labute approximate surface area is 185 Å². The first kappa shape index (κ1) is 21.3. The van der Waals surface area contributed by atoms with E-state index in [1.807, 2.05) is 18.4 Å². The van der Waals surface area contributed by atoms with Crippen LogP contribution >= 0.6 is 11.3 Å². The molecule has 0 amide bonds. The van der Waals surface area contributed by atoms with Gasteiger partial charge in [0.05, 0.1) is 0 Å². The van der Waals surface area contributed by atoms with E-state index in [1.54, 1.807) is 4.88 Å². The Morgan fingerprint density at radius 1 is 1.17 bits per heavy atom. The van der Waals surface area contributed by atoms with Crippen molar-refractivity contribution >= 4 is 17.3 Å². The number of piperidine rings is 1. The number of nitrogens with zero attached hydrogens (tertiary/aromatic N) is 3. The fraction of sp³-hybridized carbons (Fsp3) is 0.542. The van der Waals surface area contributed by atoms with Gasteiger partial charge in [0, 0.05) is 63.3 Å². The first-order valence-electron chi connectivity index (χ1n) is 11.2. The minimum Gasteiger partial charge on any atom is -0.355 e. The molecule has 0 saturated carbocycles. The lowest BCUT2D eigenvalue weighted by atomic mass is 10.0. The molecular weight excluding hydrogens is 390 g/mol. The normalized spacial score (nSPS) is 20.0. The third kappa shape index (κ3) is 5.62. The summed E-state index contributed by atoms with van der Waals surface area (Å²) in [6, 6.07) is 14.1. The maximum absolute atomic E-state index is 4.48. The van der Waals surface area contributed by atoms with E-state index in [9.17, 15) is 0 Å². The molecule has 1 aromatic carbocycles. The van der Waals surface area contributed by atoms with Gasteiger partial charge in [-0.1, -0.05) is 30.3 Å². The third-order valence-corrected chi connectivity index (χ3v) is 7.45. The highest BCUT2D eigenvalue weighted by atomic mass is 32.1. The molecule has 0 bridgehead atoms. The Morgan fingerprint density at radius 3 is 2.73 bits per heavy atom. The number of aliphatic imine (C=N–C) groups is 1. The molecule has 0 spiro atoms. The summed E-state index contributed by atoms with van der Waals surface area (Å²) in [5, 5.41) is 9.45. The number of guanidine groups is 1. The van der Waals surface area contributed by atoms with Gasteiger partial charge in [0.2, 0.25) is 0 Å². The topological polar surface area (TPSA) is 42.9 Å². The van der Waals surface area contributed by atoms with Crippen molar-refractivity contribution in [3.05, 3.63) is 57.8 Å². The Kier molecular flexibility index (Phi) is 7.42. The molecule has 2 aliphatic rings. The van der Waals surface area contributed by atoms with E-state index < -0.39 is 0 Å². The van der Waals surface area contributed by atoms with E-state index in [0.717, 1.165) is 58.1 Å². The first-order chi connectivity index (χ1) is 14.7. The molecule has 1 aromatic heterocycles. The minimum absolute atomic E-state index is 0.490. The number of thiophene rings is 1. The van der Waals surface area contributed by atoms with Crippen LogP contribution < -0.4 is 10.6 Å². The molecule has 5 nitrogen and oxygen atoms in total. The minimum atomic E-state index is 0.490. The van der Waals surface area contributed by atoms with Gasteiger partial charge >= 0.3 is 0 Å². The van der Waals surface area contributed by atoms with Gasteiger partial charge in [0.1, 0.15) is 0 Å². The zero-order chi connectivity index (χ0) is 20.8. The van der Waals surface area contributed by atoms with Crippen molar-refractivity contribution in [2.75, 3.05) is 33.2 Å². The molecular formula is C24H35N5S. The number of hydrogen-bond acceptors (Lipinski definition) is 4. The third-order valence-electron chi connectivity index (χ3n) is 6.43. The fourth-order valence-electron chi connectivity index (χ4n) is 4.49. The lowest BCUT2D eigenvalue weighted by molar-refractivity contribution is 0.190. The molecule has 0 radical (unpaired) electrons. The summed E-state index contributed by atoms with van der Waals surface area (Å²) >= 11 is 1.91. The number of likely N-dealkylation sites (tertiary alicyclic amines) is 1. The van der Waals surface area contributed by atoms with Crippen LogP contribution in [-0.4, -0.2) is 61.1 Å². The van der Waals surface area contributed by atoms with Crippen LogP contribution in [-0.2, 0) is 19.5 Å². The molecule has 0 aliphatic carbocycles. The zero-order valence-corrected chi connectivity index (χ0v) is 19.1. The molecule has 3 heterocycles. The summed E-state index contributed by atoms with van der Waals surface area (Å²) in [6.45, 7) is 8.80. The summed E-state index contributed by atoms with van der Waals surface area (Å²) in [5.41, 5.74) is 2.92. The zero-order valence-electron chi connectivity index (χ0n) is 18.3. The van der Waals surface area contributed by atoms with Gasteiger partial charge in [-0.15, -0.1) is 11.3 Å².